The molecule has 0 fully saturated rings. The molecule has 214 valence electrons. The van der Waals surface area contributed by atoms with Crippen molar-refractivity contribution in [1.82, 2.24) is 19.1 Å². The van der Waals surface area contributed by atoms with Crippen molar-refractivity contribution >= 4 is 65.3 Å². The Morgan fingerprint density at radius 3 is 1.65 bits per heavy atom. The second-order valence-corrected chi connectivity index (χ2v) is 11.8. The van der Waals surface area contributed by atoms with E-state index < -0.39 is 0 Å². The van der Waals surface area contributed by atoms with E-state index in [-0.39, 0.29) is 0 Å². The number of para-hydroxylation sites is 3. The maximum atomic E-state index is 5.40. The lowest BCUT2D eigenvalue weighted by Crippen LogP contribution is -2.04. The predicted molar refractivity (Wildman–Crippen MR) is 191 cm³/mol. The molecule has 0 aliphatic carbocycles. The fraction of sp³-hybridized carbons (Fsp3) is 0. The highest BCUT2D eigenvalue weighted by molar-refractivity contribution is 6.14. The largest absolute Gasteiger partial charge is 0.309 e. The van der Waals surface area contributed by atoms with Crippen LogP contribution in [0, 0.1) is 0 Å². The van der Waals surface area contributed by atoms with E-state index in [1.807, 2.05) is 0 Å². The van der Waals surface area contributed by atoms with Gasteiger partial charge in [-0.1, -0.05) is 121 Å². The maximum Gasteiger partial charge on any atom is 0.235 e. The van der Waals surface area contributed by atoms with Crippen LogP contribution in [-0.4, -0.2) is 19.1 Å². The highest BCUT2D eigenvalue weighted by Gasteiger charge is 2.20. The standard InChI is InChI=1S/C42H26N4/c1-2-13-28(14-3-1)41-40-30-15-5-4-12-27(30)22-25-35(40)43-42(44-41)46-38-21-11-8-18-33(38)34-24-23-29(26-39(34)46)45-36-19-9-6-16-31(36)32-17-7-10-20-37(32)45/h1-26H. The minimum Gasteiger partial charge on any atom is -0.309 e. The van der Waals surface area contributed by atoms with Crippen LogP contribution in [0.4, 0.5) is 0 Å². The van der Waals surface area contributed by atoms with Gasteiger partial charge in [0.1, 0.15) is 0 Å². The van der Waals surface area contributed by atoms with Crippen molar-refractivity contribution in [3.05, 3.63) is 158 Å². The number of hydrogen-bond donors (Lipinski definition) is 0. The van der Waals surface area contributed by atoms with Gasteiger partial charge in [-0.15, -0.1) is 0 Å². The Morgan fingerprint density at radius 2 is 0.957 bits per heavy atom. The third kappa shape index (κ3) is 3.55. The van der Waals surface area contributed by atoms with Crippen molar-refractivity contribution in [3.63, 3.8) is 0 Å². The highest BCUT2D eigenvalue weighted by atomic mass is 15.2. The van der Waals surface area contributed by atoms with Gasteiger partial charge in [0, 0.05) is 38.2 Å². The monoisotopic (exact) mass is 586 g/mol. The molecule has 10 aromatic rings. The van der Waals surface area contributed by atoms with Crippen LogP contribution in [0.15, 0.2) is 158 Å². The second-order valence-electron chi connectivity index (χ2n) is 11.8. The Balaban J connectivity index is 1.32. The fourth-order valence-electron chi connectivity index (χ4n) is 7.31. The van der Waals surface area contributed by atoms with E-state index in [2.05, 4.69) is 167 Å². The Bertz CT molecular complexity index is 2750. The smallest absolute Gasteiger partial charge is 0.235 e. The number of fused-ring (bicyclic) bond motifs is 9. The highest BCUT2D eigenvalue weighted by Crippen LogP contribution is 2.38. The van der Waals surface area contributed by atoms with E-state index in [0.29, 0.717) is 5.95 Å². The van der Waals surface area contributed by atoms with Gasteiger partial charge < -0.3 is 4.57 Å². The third-order valence-electron chi connectivity index (χ3n) is 9.32. The molecule has 4 nitrogen and oxygen atoms in total. The van der Waals surface area contributed by atoms with Gasteiger partial charge in [-0.25, -0.2) is 9.97 Å². The van der Waals surface area contributed by atoms with Gasteiger partial charge in [0.25, 0.3) is 0 Å². The molecule has 0 aliphatic heterocycles. The molecule has 0 amide bonds. The molecule has 0 spiro atoms. The third-order valence-corrected chi connectivity index (χ3v) is 9.32. The summed E-state index contributed by atoms with van der Waals surface area (Å²) in [4.78, 5) is 10.7. The molecule has 0 aliphatic rings. The zero-order chi connectivity index (χ0) is 30.2. The first kappa shape index (κ1) is 25.1. The summed E-state index contributed by atoms with van der Waals surface area (Å²) in [5.74, 6) is 0.659. The summed E-state index contributed by atoms with van der Waals surface area (Å²) in [6, 6.07) is 55.9. The first-order valence-electron chi connectivity index (χ1n) is 15.6. The molecule has 7 aromatic carbocycles. The van der Waals surface area contributed by atoms with Crippen molar-refractivity contribution in [2.45, 2.75) is 0 Å². The zero-order valence-corrected chi connectivity index (χ0v) is 24.8. The van der Waals surface area contributed by atoms with Crippen LogP contribution in [0.3, 0.4) is 0 Å². The van der Waals surface area contributed by atoms with Crippen molar-refractivity contribution in [2.24, 2.45) is 0 Å². The molecule has 10 rings (SSSR count). The maximum absolute atomic E-state index is 5.40. The van der Waals surface area contributed by atoms with E-state index in [0.717, 1.165) is 44.3 Å². The van der Waals surface area contributed by atoms with Gasteiger partial charge in [0.2, 0.25) is 5.95 Å². The van der Waals surface area contributed by atoms with Gasteiger partial charge in [0.15, 0.2) is 0 Å². The molecule has 0 saturated heterocycles. The van der Waals surface area contributed by atoms with Gasteiger partial charge in [0.05, 0.1) is 33.3 Å². The number of aromatic nitrogens is 4. The lowest BCUT2D eigenvalue weighted by Gasteiger charge is -2.14. The summed E-state index contributed by atoms with van der Waals surface area (Å²) in [5, 5.41) is 8.24. The molecule has 0 atom stereocenters. The summed E-state index contributed by atoms with van der Waals surface area (Å²) < 4.78 is 4.61. The van der Waals surface area contributed by atoms with Crippen LogP contribution in [0.1, 0.15) is 0 Å². The molecule has 0 bridgehead atoms. The van der Waals surface area contributed by atoms with Gasteiger partial charge in [-0.3, -0.25) is 4.57 Å². The molecule has 3 aromatic heterocycles. The van der Waals surface area contributed by atoms with Crippen LogP contribution < -0.4 is 0 Å². The summed E-state index contributed by atoms with van der Waals surface area (Å²) in [6.07, 6.45) is 0. The van der Waals surface area contributed by atoms with Gasteiger partial charge in [-0.05, 0) is 47.2 Å². The van der Waals surface area contributed by atoms with Crippen molar-refractivity contribution in [2.75, 3.05) is 0 Å². The SMILES string of the molecule is c1ccc(-c2nc(-n3c4ccccc4c4ccc(-n5c6ccccc6c6ccccc65)cc43)nc3ccc4ccccc4c23)cc1. The van der Waals surface area contributed by atoms with Crippen molar-refractivity contribution in [1.29, 1.82) is 0 Å². The van der Waals surface area contributed by atoms with E-state index in [4.69, 9.17) is 9.97 Å². The van der Waals surface area contributed by atoms with Crippen LogP contribution in [-0.2, 0) is 0 Å². The van der Waals surface area contributed by atoms with E-state index in [1.165, 1.54) is 38.0 Å². The first-order valence-corrected chi connectivity index (χ1v) is 15.6. The molecule has 3 heterocycles. The lowest BCUT2D eigenvalue weighted by molar-refractivity contribution is 1.01. The van der Waals surface area contributed by atoms with Gasteiger partial charge >= 0.3 is 0 Å². The van der Waals surface area contributed by atoms with E-state index >= 15 is 0 Å². The van der Waals surface area contributed by atoms with Crippen molar-refractivity contribution < 1.29 is 0 Å². The molecule has 0 unspecified atom stereocenters. The normalized spacial score (nSPS) is 11.9. The minimum absolute atomic E-state index is 0.659. The van der Waals surface area contributed by atoms with Crippen molar-refractivity contribution in [3.8, 4) is 22.9 Å². The molecule has 0 N–H and O–H groups in total. The quantitative estimate of drug-likeness (QED) is 0.193. The Hall–Kier alpha value is -6.26. The molecule has 0 radical (unpaired) electrons. The Morgan fingerprint density at radius 1 is 0.391 bits per heavy atom. The second kappa shape index (κ2) is 9.62. The summed E-state index contributed by atoms with van der Waals surface area (Å²) in [6.45, 7) is 0. The number of hydrogen-bond acceptors (Lipinski definition) is 2. The molecular weight excluding hydrogens is 560 g/mol. The van der Waals surface area contributed by atoms with E-state index in [1.54, 1.807) is 0 Å². The van der Waals surface area contributed by atoms with E-state index in [9.17, 15) is 0 Å². The Labute approximate surface area is 264 Å². The number of rotatable bonds is 3. The molecular formula is C42H26N4. The topological polar surface area (TPSA) is 35.6 Å². The molecule has 46 heavy (non-hydrogen) atoms. The lowest BCUT2D eigenvalue weighted by atomic mass is 10.0. The zero-order valence-electron chi connectivity index (χ0n) is 24.8. The fourth-order valence-corrected chi connectivity index (χ4v) is 7.31. The van der Waals surface area contributed by atoms with Crippen LogP contribution >= 0.6 is 0 Å². The van der Waals surface area contributed by atoms with Crippen LogP contribution in [0.25, 0.3) is 88.2 Å². The summed E-state index contributed by atoms with van der Waals surface area (Å²) >= 11 is 0. The summed E-state index contributed by atoms with van der Waals surface area (Å²) in [5.41, 5.74) is 8.55. The molecule has 0 saturated carbocycles. The average Bonchev–Trinajstić information content (AvgIpc) is 3.64. The first-order chi connectivity index (χ1) is 22.8. The van der Waals surface area contributed by atoms with Gasteiger partial charge in [-0.2, -0.15) is 0 Å². The Kier molecular flexibility index (Phi) is 5.25. The van der Waals surface area contributed by atoms with Crippen LogP contribution in [0.2, 0.25) is 0 Å². The molecule has 4 heteroatoms. The summed E-state index contributed by atoms with van der Waals surface area (Å²) in [7, 11) is 0. The average molecular weight is 587 g/mol. The minimum atomic E-state index is 0.659. The van der Waals surface area contributed by atoms with Crippen LogP contribution in [0.5, 0.6) is 0 Å². The predicted octanol–water partition coefficient (Wildman–Crippen LogP) is 10.6. The number of nitrogens with zero attached hydrogens (tertiary/aromatic N) is 4. The number of benzene rings is 7.